The normalized spacial score (nSPS) is 25.0. The van der Waals surface area contributed by atoms with Crippen LogP contribution in [0.5, 0.6) is 0 Å². The fraction of sp³-hybridized carbons (Fsp3) is 0.917. The first kappa shape index (κ1) is 15.7. The molecule has 0 atom stereocenters. The molecule has 8 heteroatoms. The summed E-state index contributed by atoms with van der Waals surface area (Å²) in [5.41, 5.74) is -1.43. The molecule has 2 saturated heterocycles. The van der Waals surface area contributed by atoms with Gasteiger partial charge < -0.3 is 9.84 Å². The summed E-state index contributed by atoms with van der Waals surface area (Å²) in [6.07, 6.45) is 4.01. The number of carboxylic acid groups (broad SMARTS) is 1. The molecule has 7 nitrogen and oxygen atoms in total. The van der Waals surface area contributed by atoms with Gasteiger partial charge in [0.1, 0.15) is 5.54 Å². The predicted octanol–water partition coefficient (Wildman–Crippen LogP) is 0.331. The lowest BCUT2D eigenvalue weighted by atomic mass is 9.92. The van der Waals surface area contributed by atoms with E-state index in [-0.39, 0.29) is 26.1 Å². The highest BCUT2D eigenvalue weighted by Crippen LogP contribution is 2.23. The first-order chi connectivity index (χ1) is 9.46. The van der Waals surface area contributed by atoms with Crippen molar-refractivity contribution in [2.24, 2.45) is 0 Å². The van der Waals surface area contributed by atoms with E-state index in [9.17, 15) is 18.3 Å². The Morgan fingerprint density at radius 2 is 1.65 bits per heavy atom. The number of rotatable bonds is 4. The van der Waals surface area contributed by atoms with Gasteiger partial charge in [-0.1, -0.05) is 12.8 Å². The summed E-state index contributed by atoms with van der Waals surface area (Å²) in [6, 6.07) is 0. The summed E-state index contributed by atoms with van der Waals surface area (Å²) in [5, 5.41) is 9.40. The van der Waals surface area contributed by atoms with Crippen molar-refractivity contribution in [2.45, 2.75) is 44.1 Å². The molecule has 20 heavy (non-hydrogen) atoms. The zero-order chi connectivity index (χ0) is 14.6. The number of ether oxygens (including phenoxy) is 1. The van der Waals surface area contributed by atoms with Crippen LogP contribution >= 0.6 is 0 Å². The topological polar surface area (TPSA) is 95.9 Å². The van der Waals surface area contributed by atoms with E-state index in [1.54, 1.807) is 0 Å². The molecule has 0 radical (unpaired) electrons. The largest absolute Gasteiger partial charge is 0.480 e. The molecule has 0 aromatic rings. The Kier molecular flexibility index (Phi) is 5.00. The molecule has 0 amide bonds. The van der Waals surface area contributed by atoms with E-state index in [1.807, 2.05) is 0 Å². The second-order valence-corrected chi connectivity index (χ2v) is 7.09. The summed E-state index contributed by atoms with van der Waals surface area (Å²) in [5.74, 6) is -1.13. The van der Waals surface area contributed by atoms with Crippen molar-refractivity contribution >= 4 is 16.2 Å². The van der Waals surface area contributed by atoms with Gasteiger partial charge in [0.2, 0.25) is 0 Å². The number of aliphatic carboxylic acids is 1. The van der Waals surface area contributed by atoms with Gasteiger partial charge in [0.05, 0.1) is 0 Å². The van der Waals surface area contributed by atoms with Gasteiger partial charge in [-0.15, -0.1) is 0 Å². The van der Waals surface area contributed by atoms with Gasteiger partial charge >= 0.3 is 5.97 Å². The van der Waals surface area contributed by atoms with E-state index in [2.05, 4.69) is 4.72 Å². The van der Waals surface area contributed by atoms with Gasteiger partial charge in [0.25, 0.3) is 10.2 Å². The van der Waals surface area contributed by atoms with Crippen LogP contribution in [0.4, 0.5) is 0 Å². The molecular weight excluding hydrogens is 284 g/mol. The Morgan fingerprint density at radius 3 is 2.15 bits per heavy atom. The van der Waals surface area contributed by atoms with E-state index in [0.29, 0.717) is 13.1 Å². The second-order valence-electron chi connectivity index (χ2n) is 5.42. The van der Waals surface area contributed by atoms with Gasteiger partial charge in [-0.3, -0.25) is 4.79 Å². The van der Waals surface area contributed by atoms with E-state index in [1.165, 1.54) is 4.31 Å². The van der Waals surface area contributed by atoms with Gasteiger partial charge in [0, 0.05) is 39.1 Å². The first-order valence-electron chi connectivity index (χ1n) is 7.06. The number of carbonyl (C=O) groups is 1. The lowest BCUT2D eigenvalue weighted by molar-refractivity contribution is -0.148. The molecule has 2 aliphatic heterocycles. The van der Waals surface area contributed by atoms with E-state index in [4.69, 9.17) is 4.74 Å². The summed E-state index contributed by atoms with van der Waals surface area (Å²) >= 11 is 0. The average molecular weight is 306 g/mol. The molecule has 2 heterocycles. The Hall–Kier alpha value is -0.700. The van der Waals surface area contributed by atoms with Crippen LogP contribution < -0.4 is 4.72 Å². The lowest BCUT2D eigenvalue weighted by Crippen LogP contribution is -2.60. The minimum absolute atomic E-state index is 0.162. The summed E-state index contributed by atoms with van der Waals surface area (Å²) in [4.78, 5) is 11.5. The summed E-state index contributed by atoms with van der Waals surface area (Å²) in [7, 11) is -3.76. The molecule has 2 aliphatic rings. The standard InChI is InChI=1S/C12H22N2O5S/c15-11(16)12(5-9-19-10-6-12)13-20(17,18)14-7-3-1-2-4-8-14/h13H,1-10H2,(H,15,16). The van der Waals surface area contributed by atoms with Crippen molar-refractivity contribution in [2.75, 3.05) is 26.3 Å². The Bertz CT molecular complexity index is 437. The molecule has 116 valence electrons. The van der Waals surface area contributed by atoms with Crippen LogP contribution in [0.25, 0.3) is 0 Å². The second kappa shape index (κ2) is 6.38. The van der Waals surface area contributed by atoms with Gasteiger partial charge in [-0.05, 0) is 12.8 Å². The molecule has 0 unspecified atom stereocenters. The Balaban J connectivity index is 2.13. The van der Waals surface area contributed by atoms with Crippen molar-refractivity contribution < 1.29 is 23.1 Å². The average Bonchev–Trinajstić information content (AvgIpc) is 2.68. The van der Waals surface area contributed by atoms with Crippen LogP contribution in [-0.4, -0.2) is 55.6 Å². The molecule has 0 bridgehead atoms. The molecule has 2 fully saturated rings. The fourth-order valence-corrected chi connectivity index (χ4v) is 4.33. The molecular formula is C12H22N2O5S. The zero-order valence-electron chi connectivity index (χ0n) is 11.5. The van der Waals surface area contributed by atoms with Gasteiger partial charge in [-0.2, -0.15) is 17.4 Å². The molecule has 0 aromatic carbocycles. The van der Waals surface area contributed by atoms with Crippen LogP contribution in [0.15, 0.2) is 0 Å². The highest BCUT2D eigenvalue weighted by molar-refractivity contribution is 7.87. The Labute approximate surface area is 119 Å². The summed E-state index contributed by atoms with van der Waals surface area (Å²) in [6.45, 7) is 1.44. The third-order valence-corrected chi connectivity index (χ3v) is 5.68. The Morgan fingerprint density at radius 1 is 1.10 bits per heavy atom. The quantitative estimate of drug-likeness (QED) is 0.780. The van der Waals surface area contributed by atoms with Crippen molar-refractivity contribution in [1.29, 1.82) is 0 Å². The van der Waals surface area contributed by atoms with Gasteiger partial charge in [-0.25, -0.2) is 0 Å². The molecule has 0 saturated carbocycles. The van der Waals surface area contributed by atoms with Crippen LogP contribution in [0.2, 0.25) is 0 Å². The van der Waals surface area contributed by atoms with Crippen LogP contribution in [0.1, 0.15) is 38.5 Å². The number of nitrogens with zero attached hydrogens (tertiary/aromatic N) is 1. The number of nitrogens with one attached hydrogen (secondary N) is 1. The van der Waals surface area contributed by atoms with Crippen molar-refractivity contribution in [1.82, 2.24) is 9.03 Å². The van der Waals surface area contributed by atoms with E-state index >= 15 is 0 Å². The highest BCUT2D eigenvalue weighted by Gasteiger charge is 2.44. The highest BCUT2D eigenvalue weighted by atomic mass is 32.2. The minimum Gasteiger partial charge on any atom is -0.480 e. The third kappa shape index (κ3) is 3.49. The molecule has 0 aromatic heterocycles. The number of hydrogen-bond acceptors (Lipinski definition) is 4. The maximum absolute atomic E-state index is 12.4. The summed E-state index contributed by atoms with van der Waals surface area (Å²) < 4.78 is 33.8. The fourth-order valence-electron chi connectivity index (χ4n) is 2.67. The SMILES string of the molecule is O=C(O)C1(NS(=O)(=O)N2CCCCCC2)CCOCC1. The maximum Gasteiger partial charge on any atom is 0.325 e. The number of hydrogen-bond donors (Lipinski definition) is 2. The lowest BCUT2D eigenvalue weighted by Gasteiger charge is -2.35. The van der Waals surface area contributed by atoms with E-state index < -0.39 is 21.7 Å². The van der Waals surface area contributed by atoms with Gasteiger partial charge in [0.15, 0.2) is 0 Å². The van der Waals surface area contributed by atoms with Crippen LogP contribution in [0.3, 0.4) is 0 Å². The van der Waals surface area contributed by atoms with Crippen LogP contribution in [-0.2, 0) is 19.7 Å². The first-order valence-corrected chi connectivity index (χ1v) is 8.50. The zero-order valence-corrected chi connectivity index (χ0v) is 12.3. The molecule has 2 N–H and O–H groups in total. The molecule has 0 spiro atoms. The third-order valence-electron chi connectivity index (χ3n) is 3.99. The smallest absolute Gasteiger partial charge is 0.325 e. The minimum atomic E-state index is -3.76. The van der Waals surface area contributed by atoms with E-state index in [0.717, 1.165) is 25.7 Å². The monoisotopic (exact) mass is 306 g/mol. The van der Waals surface area contributed by atoms with Crippen LogP contribution in [0, 0.1) is 0 Å². The van der Waals surface area contributed by atoms with Crippen molar-refractivity contribution in [3.63, 3.8) is 0 Å². The van der Waals surface area contributed by atoms with Crippen molar-refractivity contribution in [3.8, 4) is 0 Å². The van der Waals surface area contributed by atoms with Crippen molar-refractivity contribution in [3.05, 3.63) is 0 Å². The molecule has 2 rings (SSSR count). The number of carboxylic acids is 1. The molecule has 0 aliphatic carbocycles. The maximum atomic E-state index is 12.4. The predicted molar refractivity (Wildman–Crippen MR) is 72.5 cm³/mol.